The summed E-state index contributed by atoms with van der Waals surface area (Å²) in [4.78, 5) is 11.4. The van der Waals surface area contributed by atoms with Crippen LogP contribution in [0.15, 0.2) is 60.7 Å². The van der Waals surface area contributed by atoms with Crippen molar-refractivity contribution < 1.29 is 9.90 Å². The molecule has 1 aliphatic carbocycles. The molecule has 1 saturated carbocycles. The van der Waals surface area contributed by atoms with E-state index in [0.717, 1.165) is 51.4 Å². The molecule has 1 aliphatic rings. The highest BCUT2D eigenvalue weighted by Gasteiger charge is 2.34. The molecule has 0 amide bonds. The van der Waals surface area contributed by atoms with Gasteiger partial charge < -0.3 is 5.11 Å². The molecule has 1 N–H and O–H groups in total. The van der Waals surface area contributed by atoms with E-state index in [1.54, 1.807) is 0 Å². The maximum absolute atomic E-state index is 11.4. The van der Waals surface area contributed by atoms with Crippen LogP contribution in [-0.2, 0) is 10.2 Å². The number of carboxylic acid groups (broad SMARTS) is 1. The molecule has 0 unspecified atom stereocenters. The predicted octanol–water partition coefficient (Wildman–Crippen LogP) is 5.81. The van der Waals surface area contributed by atoms with Gasteiger partial charge in [0.15, 0.2) is 0 Å². The fourth-order valence-electron chi connectivity index (χ4n) is 4.41. The Hall–Kier alpha value is -2.09. The lowest BCUT2D eigenvalue weighted by atomic mass is 9.67. The maximum Gasteiger partial charge on any atom is 0.306 e. The fraction of sp³-hybridized carbons (Fsp3) is 0.435. The van der Waals surface area contributed by atoms with Gasteiger partial charge in [-0.15, -0.1) is 0 Å². The van der Waals surface area contributed by atoms with E-state index in [1.165, 1.54) is 11.1 Å². The number of carbonyl (C=O) groups is 1. The zero-order valence-electron chi connectivity index (χ0n) is 14.9. The van der Waals surface area contributed by atoms with Crippen LogP contribution < -0.4 is 0 Å². The third-order valence-electron chi connectivity index (χ3n) is 5.81. The molecular formula is C23H28O2. The second kappa shape index (κ2) is 8.33. The second-order valence-corrected chi connectivity index (χ2v) is 7.34. The highest BCUT2D eigenvalue weighted by molar-refractivity contribution is 5.69. The Morgan fingerprint density at radius 1 is 0.760 bits per heavy atom. The fourth-order valence-corrected chi connectivity index (χ4v) is 4.41. The highest BCUT2D eigenvalue weighted by Crippen LogP contribution is 2.42. The van der Waals surface area contributed by atoms with Crippen molar-refractivity contribution in [3.8, 4) is 0 Å². The monoisotopic (exact) mass is 336 g/mol. The van der Waals surface area contributed by atoms with E-state index in [2.05, 4.69) is 60.7 Å². The first-order valence-electron chi connectivity index (χ1n) is 9.56. The summed E-state index contributed by atoms with van der Waals surface area (Å²) in [6, 6.07) is 21.8. The normalized spacial score (nSPS) is 19.2. The molecule has 25 heavy (non-hydrogen) atoms. The van der Waals surface area contributed by atoms with Gasteiger partial charge in [0.05, 0.1) is 5.92 Å². The molecule has 2 nitrogen and oxygen atoms in total. The van der Waals surface area contributed by atoms with Crippen LogP contribution in [0.1, 0.15) is 62.5 Å². The Morgan fingerprint density at radius 3 is 1.60 bits per heavy atom. The molecule has 2 aromatic carbocycles. The summed E-state index contributed by atoms with van der Waals surface area (Å²) in [5, 5.41) is 9.38. The molecule has 0 aliphatic heterocycles. The van der Waals surface area contributed by atoms with E-state index in [1.807, 2.05) is 0 Å². The number of aliphatic carboxylic acids is 1. The van der Waals surface area contributed by atoms with E-state index in [-0.39, 0.29) is 11.3 Å². The summed E-state index contributed by atoms with van der Waals surface area (Å²) in [5.41, 5.74) is 2.85. The van der Waals surface area contributed by atoms with Crippen LogP contribution in [0.4, 0.5) is 0 Å². The van der Waals surface area contributed by atoms with Crippen molar-refractivity contribution in [2.45, 2.75) is 56.8 Å². The highest BCUT2D eigenvalue weighted by atomic mass is 16.4. The van der Waals surface area contributed by atoms with Crippen molar-refractivity contribution in [3.63, 3.8) is 0 Å². The number of benzene rings is 2. The first-order valence-corrected chi connectivity index (χ1v) is 9.56. The van der Waals surface area contributed by atoms with Gasteiger partial charge in [-0.2, -0.15) is 0 Å². The summed E-state index contributed by atoms with van der Waals surface area (Å²) in [5.74, 6) is -0.765. The van der Waals surface area contributed by atoms with Crippen molar-refractivity contribution in [1.29, 1.82) is 0 Å². The minimum Gasteiger partial charge on any atom is -0.481 e. The average Bonchev–Trinajstić information content (AvgIpc) is 2.67. The Labute approximate surface area is 150 Å². The van der Waals surface area contributed by atoms with Crippen LogP contribution in [-0.4, -0.2) is 11.1 Å². The van der Waals surface area contributed by atoms with Gasteiger partial charge in [0.2, 0.25) is 0 Å². The van der Waals surface area contributed by atoms with Gasteiger partial charge in [-0.3, -0.25) is 4.79 Å². The van der Waals surface area contributed by atoms with Crippen molar-refractivity contribution in [2.75, 3.05) is 0 Å². The summed E-state index contributed by atoms with van der Waals surface area (Å²) >= 11 is 0. The largest absolute Gasteiger partial charge is 0.481 e. The molecule has 0 bridgehead atoms. The second-order valence-electron chi connectivity index (χ2n) is 7.34. The smallest absolute Gasteiger partial charge is 0.306 e. The zero-order chi connectivity index (χ0) is 17.5. The van der Waals surface area contributed by atoms with E-state index < -0.39 is 5.97 Å². The average molecular weight is 336 g/mol. The van der Waals surface area contributed by atoms with Gasteiger partial charge in [-0.05, 0) is 36.8 Å². The molecule has 0 radical (unpaired) electrons. The van der Waals surface area contributed by atoms with E-state index in [4.69, 9.17) is 0 Å². The van der Waals surface area contributed by atoms with Gasteiger partial charge in [-0.25, -0.2) is 0 Å². The molecule has 132 valence electrons. The van der Waals surface area contributed by atoms with Crippen LogP contribution >= 0.6 is 0 Å². The molecule has 0 aromatic heterocycles. The third-order valence-corrected chi connectivity index (χ3v) is 5.81. The minimum absolute atomic E-state index is 0.0541. The Balaban J connectivity index is 1.91. The Morgan fingerprint density at radius 2 is 1.20 bits per heavy atom. The number of carboxylic acids is 1. The molecule has 1 fully saturated rings. The Kier molecular flexibility index (Phi) is 5.91. The molecular weight excluding hydrogens is 308 g/mol. The van der Waals surface area contributed by atoms with Crippen molar-refractivity contribution in [2.24, 2.45) is 5.92 Å². The standard InChI is InChI=1S/C23H28O2/c24-22(25)19-11-7-9-17-23(18-10-8-12-19,20-13-3-1-4-14-20)21-15-5-2-6-16-21/h1-6,13-16,19H,7-12,17-18H2,(H,24,25). The van der Waals surface area contributed by atoms with Crippen molar-refractivity contribution >= 4 is 5.97 Å². The summed E-state index contributed by atoms with van der Waals surface area (Å²) in [6.45, 7) is 0. The molecule has 0 spiro atoms. The van der Waals surface area contributed by atoms with Crippen LogP contribution in [0, 0.1) is 5.92 Å². The van der Waals surface area contributed by atoms with Gasteiger partial charge in [-0.1, -0.05) is 86.3 Å². The van der Waals surface area contributed by atoms with Crippen molar-refractivity contribution in [1.82, 2.24) is 0 Å². The molecule has 0 atom stereocenters. The predicted molar refractivity (Wildman–Crippen MR) is 102 cm³/mol. The lowest BCUT2D eigenvalue weighted by Gasteiger charge is -2.36. The SMILES string of the molecule is O=C(O)C1CCCCC(c2ccccc2)(c2ccccc2)CCCC1. The quantitative estimate of drug-likeness (QED) is 0.768. The topological polar surface area (TPSA) is 37.3 Å². The Bertz CT molecular complexity index is 610. The van der Waals surface area contributed by atoms with Crippen molar-refractivity contribution in [3.05, 3.63) is 71.8 Å². The van der Waals surface area contributed by atoms with Gasteiger partial charge in [0.1, 0.15) is 0 Å². The summed E-state index contributed by atoms with van der Waals surface area (Å²) in [6.07, 6.45) is 7.96. The number of hydrogen-bond acceptors (Lipinski definition) is 1. The zero-order valence-corrected chi connectivity index (χ0v) is 14.9. The van der Waals surface area contributed by atoms with Crippen LogP contribution in [0.2, 0.25) is 0 Å². The first-order chi connectivity index (χ1) is 12.2. The molecule has 2 aromatic rings. The number of hydrogen-bond donors (Lipinski definition) is 1. The molecule has 0 heterocycles. The maximum atomic E-state index is 11.4. The number of rotatable bonds is 3. The van der Waals surface area contributed by atoms with Crippen LogP contribution in [0.3, 0.4) is 0 Å². The third kappa shape index (κ3) is 4.12. The lowest BCUT2D eigenvalue weighted by molar-refractivity contribution is -0.142. The van der Waals surface area contributed by atoms with Crippen LogP contribution in [0.5, 0.6) is 0 Å². The van der Waals surface area contributed by atoms with E-state index >= 15 is 0 Å². The molecule has 2 heteroatoms. The minimum atomic E-state index is -0.613. The lowest BCUT2D eigenvalue weighted by Crippen LogP contribution is -2.29. The summed E-state index contributed by atoms with van der Waals surface area (Å²) in [7, 11) is 0. The van der Waals surface area contributed by atoms with E-state index in [9.17, 15) is 9.90 Å². The first kappa shape index (κ1) is 17.7. The van der Waals surface area contributed by atoms with E-state index in [0.29, 0.717) is 0 Å². The van der Waals surface area contributed by atoms with Crippen LogP contribution in [0.25, 0.3) is 0 Å². The van der Waals surface area contributed by atoms with Gasteiger partial charge >= 0.3 is 5.97 Å². The molecule has 0 saturated heterocycles. The van der Waals surface area contributed by atoms with Gasteiger partial charge in [0, 0.05) is 5.41 Å². The molecule has 3 rings (SSSR count). The van der Waals surface area contributed by atoms with Gasteiger partial charge in [0.25, 0.3) is 0 Å². The summed E-state index contributed by atoms with van der Waals surface area (Å²) < 4.78 is 0.